The molecule has 5 rings (SSSR count). The molecule has 1 aromatic heterocycles. The Morgan fingerprint density at radius 2 is 1.64 bits per heavy atom. The van der Waals surface area contributed by atoms with Gasteiger partial charge in [-0.2, -0.15) is 0 Å². The first-order valence-electron chi connectivity index (χ1n) is 12.9. The molecule has 3 N–H and O–H groups in total. The van der Waals surface area contributed by atoms with Crippen molar-refractivity contribution >= 4 is 10.9 Å². The molecule has 0 aliphatic heterocycles. The summed E-state index contributed by atoms with van der Waals surface area (Å²) in [6, 6.07) is 22.1. The highest BCUT2D eigenvalue weighted by molar-refractivity contribution is 5.87. The third kappa shape index (κ3) is 5.23. The quantitative estimate of drug-likeness (QED) is 0.298. The number of hydrogen-bond acceptors (Lipinski definition) is 4. The van der Waals surface area contributed by atoms with Crippen molar-refractivity contribution in [3.8, 4) is 5.75 Å². The highest BCUT2D eigenvalue weighted by Crippen LogP contribution is 2.29. The van der Waals surface area contributed by atoms with E-state index in [1.54, 1.807) is 0 Å². The Bertz CT molecular complexity index is 1380. The van der Waals surface area contributed by atoms with Gasteiger partial charge in [-0.3, -0.25) is 10.1 Å². The van der Waals surface area contributed by atoms with Crippen LogP contribution in [-0.4, -0.2) is 22.4 Å². The summed E-state index contributed by atoms with van der Waals surface area (Å²) in [6.07, 6.45) is 3.73. The number of aromatic nitrogens is 1. The smallest absolute Gasteiger partial charge is 0.248 e. The van der Waals surface area contributed by atoms with E-state index in [1.807, 2.05) is 48.5 Å². The maximum atomic E-state index is 12.1. The largest absolute Gasteiger partial charge is 0.487 e. The lowest BCUT2D eigenvalue weighted by molar-refractivity contribution is 0.124. The molecule has 5 heteroatoms. The number of hydrogen-bond donors (Lipinski definition) is 3. The van der Waals surface area contributed by atoms with Crippen molar-refractivity contribution in [1.29, 1.82) is 0 Å². The summed E-state index contributed by atoms with van der Waals surface area (Å²) in [5.74, 6) is 0.627. The van der Waals surface area contributed by atoms with E-state index in [4.69, 9.17) is 4.74 Å². The minimum Gasteiger partial charge on any atom is -0.487 e. The zero-order valence-electron chi connectivity index (χ0n) is 21.0. The fraction of sp³-hybridized carbons (Fsp3) is 0.323. The molecule has 0 amide bonds. The molecule has 36 heavy (non-hydrogen) atoms. The first kappa shape index (κ1) is 24.3. The zero-order chi connectivity index (χ0) is 25.1. The van der Waals surface area contributed by atoms with Crippen LogP contribution in [0.25, 0.3) is 10.9 Å². The molecule has 0 spiro atoms. The molecule has 1 atom stereocenters. The summed E-state index contributed by atoms with van der Waals surface area (Å²) in [6.45, 7) is 4.84. The van der Waals surface area contributed by atoms with Crippen LogP contribution in [0, 0.1) is 0 Å². The Kier molecular flexibility index (Phi) is 7.21. The standard InChI is InChI=1S/C31H34N2O3/c1-3-21-14-24-16-26(17-25(24)15-22(21)4-2)32-30(35)18-23-10-12-28(31-27(23)11-13-29(34)33-31)36-19-20-8-6-5-7-9-20/h5-15,26,30,32,35H,3-4,16-19H2,1-2H3,(H,33,34)/t30-/m1/s1. The number of fused-ring (bicyclic) bond motifs is 2. The zero-order valence-corrected chi connectivity index (χ0v) is 21.0. The van der Waals surface area contributed by atoms with Gasteiger partial charge in [0.05, 0.1) is 5.52 Å². The van der Waals surface area contributed by atoms with Gasteiger partial charge in [-0.25, -0.2) is 0 Å². The first-order chi connectivity index (χ1) is 17.5. The van der Waals surface area contributed by atoms with Crippen LogP contribution in [0.15, 0.2) is 71.5 Å². The topological polar surface area (TPSA) is 74.3 Å². The Labute approximate surface area is 212 Å². The summed E-state index contributed by atoms with van der Waals surface area (Å²) >= 11 is 0. The molecule has 0 bridgehead atoms. The van der Waals surface area contributed by atoms with Crippen molar-refractivity contribution in [2.75, 3.05) is 0 Å². The molecule has 186 valence electrons. The van der Waals surface area contributed by atoms with Gasteiger partial charge in [0, 0.05) is 23.9 Å². The SMILES string of the molecule is CCc1cc2c(cc1CC)CC(N[C@H](O)Cc1ccc(OCc3ccccc3)c3[nH]c(=O)ccc13)C2. The minimum absolute atomic E-state index is 0.176. The van der Waals surface area contributed by atoms with Crippen LogP contribution in [0.5, 0.6) is 5.75 Å². The Morgan fingerprint density at radius 1 is 0.944 bits per heavy atom. The highest BCUT2D eigenvalue weighted by Gasteiger charge is 2.24. The molecular weight excluding hydrogens is 448 g/mol. The number of pyridine rings is 1. The van der Waals surface area contributed by atoms with Gasteiger partial charge < -0.3 is 14.8 Å². The minimum atomic E-state index is -0.688. The third-order valence-corrected chi connectivity index (χ3v) is 7.24. The van der Waals surface area contributed by atoms with Gasteiger partial charge in [0.1, 0.15) is 18.6 Å². The van der Waals surface area contributed by atoms with E-state index >= 15 is 0 Å². The summed E-state index contributed by atoms with van der Waals surface area (Å²) in [5.41, 5.74) is 8.18. The van der Waals surface area contributed by atoms with Crippen molar-refractivity contribution in [2.24, 2.45) is 0 Å². The van der Waals surface area contributed by atoms with Gasteiger partial charge in [0.15, 0.2) is 0 Å². The molecule has 1 aliphatic carbocycles. The summed E-state index contributed by atoms with van der Waals surface area (Å²) in [7, 11) is 0. The number of aromatic amines is 1. The van der Waals surface area contributed by atoms with E-state index in [1.165, 1.54) is 28.3 Å². The maximum Gasteiger partial charge on any atom is 0.248 e. The predicted molar refractivity (Wildman–Crippen MR) is 145 cm³/mol. The molecule has 3 aromatic carbocycles. The van der Waals surface area contributed by atoms with Gasteiger partial charge in [0.25, 0.3) is 0 Å². The van der Waals surface area contributed by atoms with Gasteiger partial charge in [-0.05, 0) is 71.2 Å². The molecule has 1 heterocycles. The Balaban J connectivity index is 1.30. The van der Waals surface area contributed by atoms with Crippen LogP contribution < -0.4 is 15.6 Å². The van der Waals surface area contributed by atoms with E-state index in [2.05, 4.69) is 36.3 Å². The summed E-state index contributed by atoms with van der Waals surface area (Å²) in [4.78, 5) is 15.0. The summed E-state index contributed by atoms with van der Waals surface area (Å²) < 4.78 is 6.05. The van der Waals surface area contributed by atoms with E-state index in [0.29, 0.717) is 24.3 Å². The lowest BCUT2D eigenvalue weighted by atomic mass is 9.97. The normalized spacial score (nSPS) is 14.2. The second-order valence-corrected chi connectivity index (χ2v) is 9.70. The average molecular weight is 483 g/mol. The van der Waals surface area contributed by atoms with E-state index < -0.39 is 6.23 Å². The highest BCUT2D eigenvalue weighted by atomic mass is 16.5. The third-order valence-electron chi connectivity index (χ3n) is 7.24. The molecule has 4 aromatic rings. The number of H-pyrrole nitrogens is 1. The van der Waals surface area contributed by atoms with Gasteiger partial charge in [-0.1, -0.05) is 62.4 Å². The molecular formula is C31H34N2O3. The molecule has 1 aliphatic rings. The van der Waals surface area contributed by atoms with Crippen molar-refractivity contribution in [2.45, 2.75) is 64.8 Å². The first-order valence-corrected chi connectivity index (χ1v) is 12.9. The molecule has 0 saturated heterocycles. The van der Waals surface area contributed by atoms with Crippen molar-refractivity contribution in [3.63, 3.8) is 0 Å². The van der Waals surface area contributed by atoms with Crippen LogP contribution in [0.4, 0.5) is 0 Å². The Hall–Kier alpha value is -3.41. The molecule has 0 fully saturated rings. The van der Waals surface area contributed by atoms with Crippen molar-refractivity contribution in [1.82, 2.24) is 10.3 Å². The second kappa shape index (κ2) is 10.7. The van der Waals surface area contributed by atoms with Gasteiger partial charge in [0.2, 0.25) is 5.56 Å². The van der Waals surface area contributed by atoms with Crippen LogP contribution in [-0.2, 0) is 38.7 Å². The lowest BCUT2D eigenvalue weighted by Gasteiger charge is -2.19. The van der Waals surface area contributed by atoms with E-state index in [-0.39, 0.29) is 11.6 Å². The van der Waals surface area contributed by atoms with Crippen LogP contribution in [0.1, 0.15) is 47.2 Å². The predicted octanol–water partition coefficient (Wildman–Crippen LogP) is 4.85. The van der Waals surface area contributed by atoms with E-state index in [9.17, 15) is 9.90 Å². The number of aliphatic hydroxyl groups excluding tert-OH is 1. The number of ether oxygens (including phenoxy) is 1. The monoisotopic (exact) mass is 482 g/mol. The number of benzene rings is 3. The van der Waals surface area contributed by atoms with Gasteiger partial charge >= 0.3 is 0 Å². The fourth-order valence-electron chi connectivity index (χ4n) is 5.41. The Morgan fingerprint density at radius 3 is 2.31 bits per heavy atom. The van der Waals surface area contributed by atoms with Crippen LogP contribution in [0.2, 0.25) is 0 Å². The van der Waals surface area contributed by atoms with Gasteiger partial charge in [-0.15, -0.1) is 0 Å². The second-order valence-electron chi connectivity index (χ2n) is 9.70. The van der Waals surface area contributed by atoms with Crippen LogP contribution >= 0.6 is 0 Å². The molecule has 0 radical (unpaired) electrons. The number of aliphatic hydroxyl groups is 1. The van der Waals surface area contributed by atoms with E-state index in [0.717, 1.165) is 42.2 Å². The summed E-state index contributed by atoms with van der Waals surface area (Å²) in [5, 5.41) is 15.3. The average Bonchev–Trinajstić information content (AvgIpc) is 3.28. The molecule has 5 nitrogen and oxygen atoms in total. The molecule has 0 unspecified atom stereocenters. The number of rotatable bonds is 9. The fourth-order valence-corrected chi connectivity index (χ4v) is 5.41. The number of nitrogens with one attached hydrogen (secondary N) is 2. The maximum absolute atomic E-state index is 12.1. The van der Waals surface area contributed by atoms with Crippen molar-refractivity contribution in [3.05, 3.63) is 110 Å². The van der Waals surface area contributed by atoms with Crippen LogP contribution in [0.3, 0.4) is 0 Å². The lowest BCUT2D eigenvalue weighted by Crippen LogP contribution is -2.40. The molecule has 0 saturated carbocycles. The number of aryl methyl sites for hydroxylation is 2. The van der Waals surface area contributed by atoms with Crippen molar-refractivity contribution < 1.29 is 9.84 Å².